The van der Waals surface area contributed by atoms with E-state index in [0.29, 0.717) is 5.56 Å². The van der Waals surface area contributed by atoms with Crippen LogP contribution in [-0.2, 0) is 4.79 Å². The lowest BCUT2D eigenvalue weighted by Gasteiger charge is -2.06. The van der Waals surface area contributed by atoms with E-state index in [1.807, 2.05) is 0 Å². The van der Waals surface area contributed by atoms with Gasteiger partial charge in [-0.3, -0.25) is 4.79 Å². The summed E-state index contributed by atoms with van der Waals surface area (Å²) in [4.78, 5) is 21.7. The molecule has 5 nitrogen and oxygen atoms in total. The summed E-state index contributed by atoms with van der Waals surface area (Å²) < 4.78 is 0.850. The van der Waals surface area contributed by atoms with Gasteiger partial charge in [-0.25, -0.2) is 4.79 Å². The molecule has 7 heteroatoms. The lowest BCUT2D eigenvalue weighted by molar-refractivity contribution is -0.146. The quantitative estimate of drug-likeness (QED) is 0.759. The first kappa shape index (κ1) is 13.1. The van der Waals surface area contributed by atoms with Crippen LogP contribution in [-0.4, -0.2) is 34.7 Å². The number of hydrogen-bond acceptors (Lipinski definition) is 4. The lowest BCUT2D eigenvalue weighted by Crippen LogP contribution is -2.29. The summed E-state index contributed by atoms with van der Waals surface area (Å²) in [6, 6.07) is 1.67. The molecule has 1 atom stereocenters. The van der Waals surface area contributed by atoms with E-state index in [1.54, 1.807) is 11.4 Å². The molecule has 0 spiro atoms. The number of aliphatic carboxylic acids is 1. The fourth-order valence-corrected chi connectivity index (χ4v) is 2.11. The molecule has 0 radical (unpaired) electrons. The van der Waals surface area contributed by atoms with Crippen molar-refractivity contribution in [2.45, 2.75) is 12.5 Å². The Morgan fingerprint density at radius 3 is 2.75 bits per heavy atom. The zero-order valence-electron chi connectivity index (χ0n) is 8.14. The number of hydrogen-bond donors (Lipinski definition) is 3. The van der Waals surface area contributed by atoms with E-state index in [2.05, 4.69) is 21.2 Å². The third-order valence-electron chi connectivity index (χ3n) is 1.82. The van der Waals surface area contributed by atoms with Crippen molar-refractivity contribution >= 4 is 39.1 Å². The summed E-state index contributed by atoms with van der Waals surface area (Å²) in [6.45, 7) is 0.125. The molecule has 1 amide bonds. The first-order chi connectivity index (χ1) is 7.50. The highest BCUT2D eigenvalue weighted by Gasteiger charge is 2.13. The highest BCUT2D eigenvalue weighted by molar-refractivity contribution is 9.11. The number of nitrogens with one attached hydrogen (secondary N) is 1. The Kier molecular flexibility index (Phi) is 4.91. The molecule has 0 saturated heterocycles. The average molecular weight is 308 g/mol. The molecule has 0 saturated carbocycles. The smallest absolute Gasteiger partial charge is 0.332 e. The normalized spacial score (nSPS) is 12.1. The van der Waals surface area contributed by atoms with Crippen LogP contribution in [0.15, 0.2) is 15.2 Å². The van der Waals surface area contributed by atoms with Crippen LogP contribution in [0.3, 0.4) is 0 Å². The second-order valence-electron chi connectivity index (χ2n) is 3.04. The van der Waals surface area contributed by atoms with Crippen molar-refractivity contribution in [1.29, 1.82) is 0 Å². The van der Waals surface area contributed by atoms with Crippen LogP contribution in [0.25, 0.3) is 0 Å². The highest BCUT2D eigenvalue weighted by Crippen LogP contribution is 2.20. The average Bonchev–Trinajstić information content (AvgIpc) is 2.64. The van der Waals surface area contributed by atoms with Gasteiger partial charge in [0.25, 0.3) is 5.91 Å². The fraction of sp³-hybridized carbons (Fsp3) is 0.333. The number of thiophene rings is 1. The van der Waals surface area contributed by atoms with Gasteiger partial charge in [-0.2, -0.15) is 0 Å². The fourth-order valence-electron chi connectivity index (χ4n) is 0.977. The Bertz CT molecular complexity index is 393. The van der Waals surface area contributed by atoms with Gasteiger partial charge < -0.3 is 15.5 Å². The summed E-state index contributed by atoms with van der Waals surface area (Å²) in [7, 11) is 0. The number of aliphatic hydroxyl groups is 1. The molecule has 88 valence electrons. The van der Waals surface area contributed by atoms with Gasteiger partial charge in [0, 0.05) is 18.3 Å². The Morgan fingerprint density at radius 1 is 1.56 bits per heavy atom. The molecule has 0 bridgehead atoms. The molecule has 0 fully saturated rings. The zero-order valence-corrected chi connectivity index (χ0v) is 10.5. The number of amides is 1. The minimum absolute atomic E-state index is 0.00756. The van der Waals surface area contributed by atoms with Gasteiger partial charge in [0.15, 0.2) is 6.10 Å². The van der Waals surface area contributed by atoms with E-state index < -0.39 is 12.1 Å². The molecule has 0 unspecified atom stereocenters. The van der Waals surface area contributed by atoms with Crippen LogP contribution in [0.5, 0.6) is 0 Å². The minimum Gasteiger partial charge on any atom is -0.479 e. The second kappa shape index (κ2) is 5.97. The van der Waals surface area contributed by atoms with E-state index in [9.17, 15) is 9.59 Å². The number of rotatable bonds is 5. The summed E-state index contributed by atoms with van der Waals surface area (Å²) >= 11 is 4.62. The number of carbonyl (C=O) groups excluding carboxylic acids is 1. The Morgan fingerprint density at radius 2 is 2.25 bits per heavy atom. The molecule has 1 aromatic rings. The number of aliphatic hydroxyl groups excluding tert-OH is 1. The molecule has 1 heterocycles. The topological polar surface area (TPSA) is 86.6 Å². The van der Waals surface area contributed by atoms with Crippen molar-refractivity contribution < 1.29 is 19.8 Å². The van der Waals surface area contributed by atoms with Gasteiger partial charge >= 0.3 is 5.97 Å². The first-order valence-electron chi connectivity index (χ1n) is 4.44. The van der Waals surface area contributed by atoms with Gasteiger partial charge in [0.05, 0.1) is 9.35 Å². The molecule has 0 aliphatic heterocycles. The number of carboxylic acid groups (broad SMARTS) is 1. The predicted molar refractivity (Wildman–Crippen MR) is 62.6 cm³/mol. The van der Waals surface area contributed by atoms with Crippen molar-refractivity contribution in [3.63, 3.8) is 0 Å². The van der Waals surface area contributed by atoms with Crippen molar-refractivity contribution in [2.75, 3.05) is 6.54 Å². The standard InChI is InChI=1S/C9H10BrNO4S/c10-7-3-5(4-16-7)8(13)11-2-1-6(12)9(14)15/h3-4,6,12H,1-2H2,(H,11,13)(H,14,15)/t6-/m0/s1. The highest BCUT2D eigenvalue weighted by atomic mass is 79.9. The monoisotopic (exact) mass is 307 g/mol. The van der Waals surface area contributed by atoms with Gasteiger partial charge in [-0.15, -0.1) is 11.3 Å². The zero-order chi connectivity index (χ0) is 12.1. The van der Waals surface area contributed by atoms with E-state index in [4.69, 9.17) is 10.2 Å². The molecule has 0 aliphatic carbocycles. The Hall–Kier alpha value is -0.920. The molecule has 1 aromatic heterocycles. The molecular formula is C9H10BrNO4S. The summed E-state index contributed by atoms with van der Waals surface area (Å²) in [5.41, 5.74) is 0.515. The van der Waals surface area contributed by atoms with E-state index in [1.165, 1.54) is 11.3 Å². The van der Waals surface area contributed by atoms with Gasteiger partial charge in [0.1, 0.15) is 0 Å². The SMILES string of the molecule is O=C(NCC[C@H](O)C(=O)O)c1csc(Br)c1. The summed E-state index contributed by atoms with van der Waals surface area (Å²) in [6.07, 6.45) is -1.44. The third kappa shape index (κ3) is 3.92. The van der Waals surface area contributed by atoms with Gasteiger partial charge in [-0.1, -0.05) is 0 Å². The van der Waals surface area contributed by atoms with Gasteiger partial charge in [0.2, 0.25) is 0 Å². The van der Waals surface area contributed by atoms with Crippen LogP contribution in [0.1, 0.15) is 16.8 Å². The molecule has 0 aromatic carbocycles. The molecule has 16 heavy (non-hydrogen) atoms. The number of carbonyl (C=O) groups is 2. The van der Waals surface area contributed by atoms with E-state index in [-0.39, 0.29) is 18.9 Å². The Balaban J connectivity index is 2.34. The molecule has 0 aliphatic rings. The molecule has 3 N–H and O–H groups in total. The van der Waals surface area contributed by atoms with Crippen LogP contribution < -0.4 is 5.32 Å². The first-order valence-corrected chi connectivity index (χ1v) is 6.11. The van der Waals surface area contributed by atoms with Crippen LogP contribution in [0.4, 0.5) is 0 Å². The van der Waals surface area contributed by atoms with E-state index in [0.717, 1.165) is 3.79 Å². The third-order valence-corrected chi connectivity index (χ3v) is 3.32. The van der Waals surface area contributed by atoms with Crippen LogP contribution in [0, 0.1) is 0 Å². The van der Waals surface area contributed by atoms with Gasteiger partial charge in [-0.05, 0) is 22.0 Å². The number of halogens is 1. The molecule has 1 rings (SSSR count). The van der Waals surface area contributed by atoms with Crippen molar-refractivity contribution in [3.8, 4) is 0 Å². The Labute approximate surface area is 104 Å². The predicted octanol–water partition coefficient (Wildman–Crippen LogP) is 1.08. The van der Waals surface area contributed by atoms with Crippen LogP contribution >= 0.6 is 27.3 Å². The summed E-state index contributed by atoms with van der Waals surface area (Å²) in [5.74, 6) is -1.56. The minimum atomic E-state index is -1.44. The van der Waals surface area contributed by atoms with Crippen molar-refractivity contribution in [2.24, 2.45) is 0 Å². The maximum absolute atomic E-state index is 11.5. The van der Waals surface area contributed by atoms with E-state index >= 15 is 0 Å². The maximum atomic E-state index is 11.5. The maximum Gasteiger partial charge on any atom is 0.332 e. The van der Waals surface area contributed by atoms with Crippen molar-refractivity contribution in [3.05, 3.63) is 20.8 Å². The second-order valence-corrected chi connectivity index (χ2v) is 5.33. The van der Waals surface area contributed by atoms with Crippen molar-refractivity contribution in [1.82, 2.24) is 5.32 Å². The van der Waals surface area contributed by atoms with Crippen LogP contribution in [0.2, 0.25) is 0 Å². The lowest BCUT2D eigenvalue weighted by atomic mass is 10.2. The number of carboxylic acids is 1. The summed E-state index contributed by atoms with van der Waals surface area (Å²) in [5, 5.41) is 21.6. The molecular weight excluding hydrogens is 298 g/mol. The largest absolute Gasteiger partial charge is 0.479 e.